The number of halogens is 2. The quantitative estimate of drug-likeness (QED) is 0.647. The van der Waals surface area contributed by atoms with E-state index in [2.05, 4.69) is 19.9 Å². The van der Waals surface area contributed by atoms with E-state index in [9.17, 15) is 0 Å². The molecule has 0 amide bonds. The SMILES string of the molecule is Cc1nc(Cn2c(C(C)Cl)nc3cccc(Cl)c32)cs1. The van der Waals surface area contributed by atoms with Crippen LogP contribution in [0.25, 0.3) is 11.0 Å². The molecule has 1 aromatic carbocycles. The summed E-state index contributed by atoms with van der Waals surface area (Å²) in [6.07, 6.45) is 0. The maximum absolute atomic E-state index is 6.33. The fraction of sp³-hybridized carbons (Fsp3) is 0.286. The lowest BCUT2D eigenvalue weighted by atomic mass is 10.3. The molecule has 6 heteroatoms. The molecule has 0 radical (unpaired) electrons. The number of benzene rings is 1. The third-order valence-corrected chi connectivity index (χ3v) is 4.41. The predicted octanol–water partition coefficient (Wildman–Crippen LogP) is 4.80. The zero-order valence-electron chi connectivity index (χ0n) is 11.1. The van der Waals surface area contributed by atoms with Gasteiger partial charge in [0.2, 0.25) is 0 Å². The summed E-state index contributed by atoms with van der Waals surface area (Å²) in [7, 11) is 0. The van der Waals surface area contributed by atoms with E-state index in [4.69, 9.17) is 23.2 Å². The second-order valence-corrected chi connectivity index (χ2v) is 6.76. The zero-order chi connectivity index (χ0) is 14.3. The normalized spacial score (nSPS) is 13.0. The highest BCUT2D eigenvalue weighted by molar-refractivity contribution is 7.09. The summed E-state index contributed by atoms with van der Waals surface area (Å²) in [4.78, 5) is 9.10. The monoisotopic (exact) mass is 325 g/mol. The summed E-state index contributed by atoms with van der Waals surface area (Å²) in [5, 5.41) is 3.61. The summed E-state index contributed by atoms with van der Waals surface area (Å²) < 4.78 is 2.06. The van der Waals surface area contributed by atoms with Gasteiger partial charge in [-0.2, -0.15) is 0 Å². The van der Waals surface area contributed by atoms with Crippen LogP contribution in [0.4, 0.5) is 0 Å². The molecule has 20 heavy (non-hydrogen) atoms. The molecule has 104 valence electrons. The summed E-state index contributed by atoms with van der Waals surface area (Å²) in [5.41, 5.74) is 2.79. The molecule has 0 bridgehead atoms. The Labute approximate surface area is 131 Å². The van der Waals surface area contributed by atoms with Crippen LogP contribution in [-0.4, -0.2) is 14.5 Å². The topological polar surface area (TPSA) is 30.7 Å². The molecule has 0 fully saturated rings. The number of fused-ring (bicyclic) bond motifs is 1. The minimum atomic E-state index is -0.182. The molecule has 1 unspecified atom stereocenters. The van der Waals surface area contributed by atoms with Gasteiger partial charge < -0.3 is 4.57 Å². The Bertz CT molecular complexity index is 761. The van der Waals surface area contributed by atoms with Gasteiger partial charge in [-0.25, -0.2) is 9.97 Å². The highest BCUT2D eigenvalue weighted by Crippen LogP contribution is 2.30. The number of rotatable bonds is 3. The Morgan fingerprint density at radius 3 is 2.80 bits per heavy atom. The van der Waals surface area contributed by atoms with E-state index in [0.29, 0.717) is 11.6 Å². The van der Waals surface area contributed by atoms with E-state index in [1.807, 2.05) is 32.0 Å². The average molecular weight is 326 g/mol. The van der Waals surface area contributed by atoms with Gasteiger partial charge in [-0.3, -0.25) is 0 Å². The zero-order valence-corrected chi connectivity index (χ0v) is 13.4. The molecular weight excluding hydrogens is 313 g/mol. The number of aryl methyl sites for hydroxylation is 1. The van der Waals surface area contributed by atoms with Gasteiger partial charge in [0.15, 0.2) is 0 Å². The lowest BCUT2D eigenvalue weighted by molar-refractivity contribution is 0.730. The van der Waals surface area contributed by atoms with Crippen LogP contribution < -0.4 is 0 Å². The van der Waals surface area contributed by atoms with Gasteiger partial charge in [-0.05, 0) is 26.0 Å². The van der Waals surface area contributed by atoms with Crippen LogP contribution in [0.3, 0.4) is 0 Å². The summed E-state index contributed by atoms with van der Waals surface area (Å²) in [6, 6.07) is 5.72. The molecule has 3 rings (SSSR count). The largest absolute Gasteiger partial charge is 0.319 e. The second kappa shape index (κ2) is 5.35. The van der Waals surface area contributed by atoms with Crippen molar-refractivity contribution in [3.8, 4) is 0 Å². The van der Waals surface area contributed by atoms with Crippen molar-refractivity contribution in [2.45, 2.75) is 25.8 Å². The predicted molar refractivity (Wildman–Crippen MR) is 85.0 cm³/mol. The molecular formula is C14H13Cl2N3S. The highest BCUT2D eigenvalue weighted by Gasteiger charge is 2.17. The van der Waals surface area contributed by atoms with Gasteiger partial charge in [-0.1, -0.05) is 17.7 Å². The Morgan fingerprint density at radius 1 is 1.35 bits per heavy atom. The third-order valence-electron chi connectivity index (χ3n) is 3.09. The standard InChI is InChI=1S/C14H13Cl2N3S/c1-8(15)14-18-12-5-3-4-11(16)13(12)19(14)6-10-7-20-9(2)17-10/h3-5,7-8H,6H2,1-2H3. The van der Waals surface area contributed by atoms with Crippen LogP contribution in [0.1, 0.15) is 28.8 Å². The summed E-state index contributed by atoms with van der Waals surface area (Å²) >= 11 is 14.2. The number of imidazole rings is 1. The van der Waals surface area contributed by atoms with Crippen LogP contribution in [-0.2, 0) is 6.54 Å². The molecule has 0 spiro atoms. The fourth-order valence-corrected chi connectivity index (χ4v) is 3.31. The number of alkyl halides is 1. The fourth-order valence-electron chi connectivity index (χ4n) is 2.27. The molecule has 0 aliphatic rings. The van der Waals surface area contributed by atoms with Crippen molar-refractivity contribution in [1.29, 1.82) is 0 Å². The van der Waals surface area contributed by atoms with Crippen LogP contribution in [0.5, 0.6) is 0 Å². The molecule has 1 atom stereocenters. The van der Waals surface area contributed by atoms with Crippen LogP contribution in [0.15, 0.2) is 23.6 Å². The summed E-state index contributed by atoms with van der Waals surface area (Å²) in [5.74, 6) is 0.820. The Morgan fingerprint density at radius 2 is 2.15 bits per heavy atom. The van der Waals surface area contributed by atoms with Crippen molar-refractivity contribution >= 4 is 45.6 Å². The number of para-hydroxylation sites is 1. The van der Waals surface area contributed by atoms with E-state index < -0.39 is 0 Å². The second-order valence-electron chi connectivity index (χ2n) is 4.64. The lowest BCUT2D eigenvalue weighted by Gasteiger charge is -2.09. The van der Waals surface area contributed by atoms with Gasteiger partial charge in [0.1, 0.15) is 5.82 Å². The first-order valence-corrected chi connectivity index (χ1v) is 7.95. The molecule has 0 saturated carbocycles. The van der Waals surface area contributed by atoms with Crippen LogP contribution in [0.2, 0.25) is 5.02 Å². The van der Waals surface area contributed by atoms with Crippen molar-refractivity contribution in [1.82, 2.24) is 14.5 Å². The molecule has 2 aromatic heterocycles. The van der Waals surface area contributed by atoms with E-state index in [1.165, 1.54) is 0 Å². The third kappa shape index (κ3) is 2.43. The molecule has 0 N–H and O–H groups in total. The lowest BCUT2D eigenvalue weighted by Crippen LogP contribution is -2.06. The smallest absolute Gasteiger partial charge is 0.128 e. The Hall–Kier alpha value is -1.10. The minimum absolute atomic E-state index is 0.182. The Balaban J connectivity index is 2.18. The highest BCUT2D eigenvalue weighted by atomic mass is 35.5. The first-order valence-electron chi connectivity index (χ1n) is 6.26. The molecule has 0 saturated heterocycles. The van der Waals surface area contributed by atoms with Crippen molar-refractivity contribution < 1.29 is 0 Å². The van der Waals surface area contributed by atoms with Gasteiger partial charge in [0.05, 0.1) is 38.7 Å². The number of hydrogen-bond donors (Lipinski definition) is 0. The van der Waals surface area contributed by atoms with E-state index >= 15 is 0 Å². The first kappa shape index (κ1) is 13.9. The van der Waals surface area contributed by atoms with Crippen molar-refractivity contribution in [2.75, 3.05) is 0 Å². The molecule has 2 heterocycles. The Kier molecular flexibility index (Phi) is 3.71. The van der Waals surface area contributed by atoms with Gasteiger partial charge >= 0.3 is 0 Å². The van der Waals surface area contributed by atoms with Crippen molar-refractivity contribution in [3.05, 3.63) is 45.1 Å². The summed E-state index contributed by atoms with van der Waals surface area (Å²) in [6.45, 7) is 4.55. The van der Waals surface area contributed by atoms with Crippen molar-refractivity contribution in [3.63, 3.8) is 0 Å². The van der Waals surface area contributed by atoms with E-state index in [-0.39, 0.29) is 5.38 Å². The van der Waals surface area contributed by atoms with Crippen molar-refractivity contribution in [2.24, 2.45) is 0 Å². The number of aromatic nitrogens is 3. The van der Waals surface area contributed by atoms with Crippen LogP contribution >= 0.6 is 34.5 Å². The maximum atomic E-state index is 6.33. The maximum Gasteiger partial charge on any atom is 0.128 e. The van der Waals surface area contributed by atoms with Gasteiger partial charge in [0.25, 0.3) is 0 Å². The van der Waals surface area contributed by atoms with Crippen LogP contribution in [0, 0.1) is 6.92 Å². The molecule has 3 nitrogen and oxygen atoms in total. The molecule has 0 aliphatic heterocycles. The average Bonchev–Trinajstić information content (AvgIpc) is 2.95. The number of nitrogens with zero attached hydrogens (tertiary/aromatic N) is 3. The van der Waals surface area contributed by atoms with E-state index in [1.54, 1.807) is 11.3 Å². The first-order chi connectivity index (χ1) is 9.56. The number of hydrogen-bond acceptors (Lipinski definition) is 3. The molecule has 0 aliphatic carbocycles. The molecule has 3 aromatic rings. The number of thiazole rings is 1. The minimum Gasteiger partial charge on any atom is -0.319 e. The van der Waals surface area contributed by atoms with E-state index in [0.717, 1.165) is 27.6 Å². The van der Waals surface area contributed by atoms with Gasteiger partial charge in [-0.15, -0.1) is 22.9 Å². The van der Waals surface area contributed by atoms with Gasteiger partial charge in [0, 0.05) is 5.38 Å².